The minimum Gasteiger partial charge on any atom is -0.346 e. The molecule has 1 atom stereocenters. The Balaban J connectivity index is 1.51. The van der Waals surface area contributed by atoms with Crippen molar-refractivity contribution >= 4 is 12.1 Å². The van der Waals surface area contributed by atoms with Crippen molar-refractivity contribution in [2.24, 2.45) is 0 Å². The monoisotopic (exact) mass is 405 g/mol. The van der Waals surface area contributed by atoms with Gasteiger partial charge in [0.1, 0.15) is 23.3 Å². The van der Waals surface area contributed by atoms with E-state index in [1.165, 1.54) is 37.5 Å². The lowest BCUT2D eigenvalue weighted by molar-refractivity contribution is -0.112. The number of carbonyl (C=O) groups is 1. The molecule has 6 nitrogen and oxygen atoms in total. The Labute approximate surface area is 178 Å². The molecular formula is C24H31N5O. The summed E-state index contributed by atoms with van der Waals surface area (Å²) < 4.78 is 0. The second-order valence-electron chi connectivity index (χ2n) is 9.52. The second kappa shape index (κ2) is 7.41. The fourth-order valence-corrected chi connectivity index (χ4v) is 5.69. The van der Waals surface area contributed by atoms with Crippen molar-refractivity contribution in [2.75, 3.05) is 25.0 Å². The molecule has 2 fully saturated rings. The normalized spacial score (nSPS) is 25.4. The Bertz CT molecular complexity index is 940. The maximum absolute atomic E-state index is 12.5. The standard InChI is InChI=1S/C24H31N5O/c1-23(11-4-5-12-23)29-15-13-24(16-29,17-30)28(2)22-18-8-7-10-19(18)26-21(27-22)20-9-3-6-14-25-20/h3,6,9,14,17H,4-5,7-8,10-13,15-16H2,1-2H3/t24-/m1/s1. The first-order chi connectivity index (χ1) is 14.5. The van der Waals surface area contributed by atoms with Crippen molar-refractivity contribution < 1.29 is 4.79 Å². The smallest absolute Gasteiger partial charge is 0.180 e. The molecule has 2 aromatic rings. The van der Waals surface area contributed by atoms with Crippen molar-refractivity contribution in [2.45, 2.75) is 69.4 Å². The number of hydrogen-bond donors (Lipinski definition) is 0. The molecule has 1 aliphatic heterocycles. The van der Waals surface area contributed by atoms with Gasteiger partial charge in [-0.2, -0.15) is 0 Å². The number of fused-ring (bicyclic) bond motifs is 1. The summed E-state index contributed by atoms with van der Waals surface area (Å²) in [6, 6.07) is 5.82. The molecule has 0 spiro atoms. The van der Waals surface area contributed by atoms with Crippen molar-refractivity contribution in [1.29, 1.82) is 0 Å². The highest BCUT2D eigenvalue weighted by Crippen LogP contribution is 2.42. The molecule has 2 aromatic heterocycles. The molecule has 6 heteroatoms. The van der Waals surface area contributed by atoms with E-state index in [-0.39, 0.29) is 5.54 Å². The van der Waals surface area contributed by atoms with Crippen molar-refractivity contribution in [3.63, 3.8) is 0 Å². The van der Waals surface area contributed by atoms with Crippen LogP contribution in [0, 0.1) is 0 Å². The van der Waals surface area contributed by atoms with Crippen LogP contribution in [-0.4, -0.2) is 57.4 Å². The number of carbonyl (C=O) groups excluding carboxylic acids is 1. The number of aryl methyl sites for hydroxylation is 1. The van der Waals surface area contributed by atoms with E-state index in [9.17, 15) is 4.79 Å². The second-order valence-corrected chi connectivity index (χ2v) is 9.52. The predicted octanol–water partition coefficient (Wildman–Crippen LogP) is 3.44. The van der Waals surface area contributed by atoms with Gasteiger partial charge in [0.25, 0.3) is 0 Å². The Kier molecular flexibility index (Phi) is 4.85. The van der Waals surface area contributed by atoms with E-state index in [1.54, 1.807) is 6.20 Å². The van der Waals surface area contributed by atoms with Gasteiger partial charge in [0.15, 0.2) is 5.82 Å². The van der Waals surface area contributed by atoms with E-state index in [1.807, 2.05) is 18.2 Å². The van der Waals surface area contributed by atoms with Crippen LogP contribution in [0.1, 0.15) is 56.7 Å². The molecule has 0 radical (unpaired) electrons. The SMILES string of the molecule is CN(c1nc(-c2ccccn2)nc2c1CCC2)[C@]1(C=O)CCN(C2(C)CCCC2)C1. The number of pyridine rings is 1. The number of anilines is 1. The highest BCUT2D eigenvalue weighted by molar-refractivity contribution is 5.74. The van der Waals surface area contributed by atoms with Gasteiger partial charge in [-0.1, -0.05) is 18.9 Å². The summed E-state index contributed by atoms with van der Waals surface area (Å²) in [5, 5.41) is 0. The van der Waals surface area contributed by atoms with Crippen LogP contribution in [-0.2, 0) is 17.6 Å². The number of aldehydes is 1. The molecular weight excluding hydrogens is 374 g/mol. The lowest BCUT2D eigenvalue weighted by atomic mass is 9.96. The molecule has 0 unspecified atom stereocenters. The van der Waals surface area contributed by atoms with Crippen LogP contribution in [0.15, 0.2) is 24.4 Å². The van der Waals surface area contributed by atoms with Gasteiger partial charge in [0.2, 0.25) is 0 Å². The van der Waals surface area contributed by atoms with E-state index in [0.717, 1.165) is 56.0 Å². The maximum atomic E-state index is 12.5. The third-order valence-electron chi connectivity index (χ3n) is 7.73. The number of rotatable bonds is 5. The zero-order chi connectivity index (χ0) is 20.8. The number of likely N-dealkylation sites (N-methyl/N-ethyl adjacent to an activating group) is 1. The largest absolute Gasteiger partial charge is 0.346 e. The van der Waals surface area contributed by atoms with E-state index in [2.05, 4.69) is 28.8 Å². The summed E-state index contributed by atoms with van der Waals surface area (Å²) in [6.45, 7) is 4.13. The average Bonchev–Trinajstić information content (AvgIpc) is 3.53. The topological polar surface area (TPSA) is 62.2 Å². The number of aromatic nitrogens is 3. The fraction of sp³-hybridized carbons (Fsp3) is 0.583. The maximum Gasteiger partial charge on any atom is 0.180 e. The summed E-state index contributed by atoms with van der Waals surface area (Å²) >= 11 is 0. The first kappa shape index (κ1) is 19.6. The third kappa shape index (κ3) is 3.13. The number of hydrogen-bond acceptors (Lipinski definition) is 6. The van der Waals surface area contributed by atoms with Crippen LogP contribution in [0.4, 0.5) is 5.82 Å². The first-order valence-corrected chi connectivity index (χ1v) is 11.3. The highest BCUT2D eigenvalue weighted by Gasteiger charge is 2.48. The molecule has 2 aliphatic carbocycles. The van der Waals surface area contributed by atoms with Crippen LogP contribution in [0.5, 0.6) is 0 Å². The molecule has 5 rings (SSSR count). The van der Waals surface area contributed by atoms with Gasteiger partial charge in [-0.25, -0.2) is 9.97 Å². The van der Waals surface area contributed by atoms with Gasteiger partial charge in [-0.05, 0) is 57.6 Å². The van der Waals surface area contributed by atoms with E-state index in [4.69, 9.17) is 9.97 Å². The summed E-state index contributed by atoms with van der Waals surface area (Å²) in [7, 11) is 2.05. The third-order valence-corrected chi connectivity index (χ3v) is 7.73. The van der Waals surface area contributed by atoms with Crippen molar-refractivity contribution in [3.8, 4) is 11.5 Å². The molecule has 30 heavy (non-hydrogen) atoms. The number of likely N-dealkylation sites (tertiary alicyclic amines) is 1. The minimum absolute atomic E-state index is 0.234. The van der Waals surface area contributed by atoms with E-state index in [0.29, 0.717) is 5.82 Å². The summed E-state index contributed by atoms with van der Waals surface area (Å²) in [5.74, 6) is 1.58. The van der Waals surface area contributed by atoms with Crippen molar-refractivity contribution in [1.82, 2.24) is 19.9 Å². The first-order valence-electron chi connectivity index (χ1n) is 11.3. The highest BCUT2D eigenvalue weighted by atomic mass is 16.1. The minimum atomic E-state index is -0.530. The predicted molar refractivity (Wildman–Crippen MR) is 118 cm³/mol. The molecule has 1 saturated heterocycles. The van der Waals surface area contributed by atoms with Crippen LogP contribution >= 0.6 is 0 Å². The van der Waals surface area contributed by atoms with E-state index < -0.39 is 5.54 Å². The summed E-state index contributed by atoms with van der Waals surface area (Å²) in [5.41, 5.74) is 2.82. The Morgan fingerprint density at radius 1 is 1.10 bits per heavy atom. The van der Waals surface area contributed by atoms with Gasteiger partial charge >= 0.3 is 0 Å². The summed E-state index contributed by atoms with van der Waals surface area (Å²) in [6.07, 6.45) is 11.9. The zero-order valence-corrected chi connectivity index (χ0v) is 18.1. The van der Waals surface area contributed by atoms with Gasteiger partial charge in [0, 0.05) is 43.1 Å². The fourth-order valence-electron chi connectivity index (χ4n) is 5.69. The molecule has 3 heterocycles. The lowest BCUT2D eigenvalue weighted by Crippen LogP contribution is -2.53. The van der Waals surface area contributed by atoms with Crippen LogP contribution in [0.2, 0.25) is 0 Å². The zero-order valence-electron chi connectivity index (χ0n) is 18.1. The van der Waals surface area contributed by atoms with Gasteiger partial charge < -0.3 is 9.69 Å². The Morgan fingerprint density at radius 3 is 2.67 bits per heavy atom. The molecule has 0 aromatic carbocycles. The number of nitrogens with zero attached hydrogens (tertiary/aromatic N) is 5. The Hall–Kier alpha value is -2.34. The van der Waals surface area contributed by atoms with Crippen LogP contribution < -0.4 is 4.90 Å². The van der Waals surface area contributed by atoms with Crippen LogP contribution in [0.3, 0.4) is 0 Å². The van der Waals surface area contributed by atoms with Crippen molar-refractivity contribution in [3.05, 3.63) is 35.7 Å². The Morgan fingerprint density at radius 2 is 1.93 bits per heavy atom. The molecule has 158 valence electrons. The van der Waals surface area contributed by atoms with Crippen LogP contribution in [0.25, 0.3) is 11.5 Å². The lowest BCUT2D eigenvalue weighted by Gasteiger charge is -2.40. The average molecular weight is 406 g/mol. The van der Waals surface area contributed by atoms with Gasteiger partial charge in [-0.15, -0.1) is 0 Å². The van der Waals surface area contributed by atoms with E-state index >= 15 is 0 Å². The molecule has 0 amide bonds. The quantitative estimate of drug-likeness (QED) is 0.710. The molecule has 0 bridgehead atoms. The molecule has 3 aliphatic rings. The van der Waals surface area contributed by atoms with Gasteiger partial charge in [-0.3, -0.25) is 9.88 Å². The molecule has 1 saturated carbocycles. The van der Waals surface area contributed by atoms with Gasteiger partial charge in [0.05, 0.1) is 0 Å². The summed E-state index contributed by atoms with van der Waals surface area (Å²) in [4.78, 5) is 31.5. The molecule has 0 N–H and O–H groups in total.